The van der Waals surface area contributed by atoms with Gasteiger partial charge in [0.05, 0.1) is 0 Å². The van der Waals surface area contributed by atoms with Crippen molar-refractivity contribution >= 4 is 16.6 Å². The molecule has 104 valence electrons. The van der Waals surface area contributed by atoms with Crippen molar-refractivity contribution in [3.8, 4) is 0 Å². The normalized spacial score (nSPS) is 22.9. The van der Waals surface area contributed by atoms with E-state index in [4.69, 9.17) is 5.73 Å². The molecule has 0 saturated heterocycles. The lowest BCUT2D eigenvalue weighted by Gasteiger charge is -2.29. The lowest BCUT2D eigenvalue weighted by molar-refractivity contribution is 0.0830. The minimum Gasteiger partial charge on any atom is -0.330 e. The van der Waals surface area contributed by atoms with E-state index >= 15 is 0 Å². The molecule has 0 aromatic heterocycles. The van der Waals surface area contributed by atoms with Crippen LogP contribution in [0.15, 0.2) is 42.5 Å². The summed E-state index contributed by atoms with van der Waals surface area (Å²) in [6.07, 6.45) is 4.46. The first-order valence-corrected chi connectivity index (χ1v) is 7.52. The fourth-order valence-corrected chi connectivity index (χ4v) is 3.39. The van der Waals surface area contributed by atoms with Crippen molar-refractivity contribution in [1.82, 2.24) is 0 Å². The first-order chi connectivity index (χ1) is 9.79. The first-order valence-electron chi connectivity index (χ1n) is 7.52. The molecule has 2 aromatic carbocycles. The van der Waals surface area contributed by atoms with Crippen LogP contribution in [0.3, 0.4) is 0 Å². The van der Waals surface area contributed by atoms with Crippen LogP contribution in [0.4, 0.5) is 0 Å². The molecular formula is C18H21NO. The molecule has 1 fully saturated rings. The van der Waals surface area contributed by atoms with Crippen molar-refractivity contribution < 1.29 is 4.79 Å². The molecule has 2 atom stereocenters. The molecule has 0 radical (unpaired) electrons. The number of fused-ring (bicyclic) bond motifs is 1. The van der Waals surface area contributed by atoms with Gasteiger partial charge in [-0.15, -0.1) is 0 Å². The van der Waals surface area contributed by atoms with Gasteiger partial charge in [0, 0.05) is 11.5 Å². The molecule has 2 nitrogen and oxygen atoms in total. The van der Waals surface area contributed by atoms with Crippen molar-refractivity contribution in [2.45, 2.75) is 25.7 Å². The van der Waals surface area contributed by atoms with Gasteiger partial charge >= 0.3 is 0 Å². The number of hydrogen-bond donors (Lipinski definition) is 1. The van der Waals surface area contributed by atoms with Crippen LogP contribution in [0.25, 0.3) is 10.8 Å². The van der Waals surface area contributed by atoms with Gasteiger partial charge in [-0.1, -0.05) is 49.2 Å². The predicted octanol–water partition coefficient (Wildman–Crippen LogP) is 3.79. The Morgan fingerprint density at radius 3 is 2.60 bits per heavy atom. The number of Topliss-reactive ketones (excluding diaryl/α,β-unsaturated/α-hetero) is 1. The molecule has 0 bridgehead atoms. The monoisotopic (exact) mass is 267 g/mol. The van der Waals surface area contributed by atoms with E-state index in [9.17, 15) is 4.79 Å². The van der Waals surface area contributed by atoms with Crippen molar-refractivity contribution in [2.75, 3.05) is 6.54 Å². The van der Waals surface area contributed by atoms with Crippen LogP contribution in [-0.4, -0.2) is 12.3 Å². The molecule has 2 heteroatoms. The Balaban J connectivity index is 1.91. The molecule has 0 spiro atoms. The Morgan fingerprint density at radius 1 is 1.05 bits per heavy atom. The summed E-state index contributed by atoms with van der Waals surface area (Å²) >= 11 is 0. The average Bonchev–Trinajstić information content (AvgIpc) is 2.53. The minimum absolute atomic E-state index is 0.120. The van der Waals surface area contributed by atoms with Crippen LogP contribution in [0.5, 0.6) is 0 Å². The molecule has 2 unspecified atom stereocenters. The molecular weight excluding hydrogens is 246 g/mol. The lowest BCUT2D eigenvalue weighted by atomic mass is 9.75. The van der Waals surface area contributed by atoms with Gasteiger partial charge in [-0.3, -0.25) is 4.79 Å². The first kappa shape index (κ1) is 13.3. The van der Waals surface area contributed by atoms with Gasteiger partial charge in [0.2, 0.25) is 0 Å². The molecule has 0 heterocycles. The van der Waals surface area contributed by atoms with Crippen LogP contribution in [0.1, 0.15) is 36.0 Å². The van der Waals surface area contributed by atoms with Crippen LogP contribution < -0.4 is 5.73 Å². The lowest BCUT2D eigenvalue weighted by Crippen LogP contribution is -2.32. The number of benzene rings is 2. The standard InChI is InChI=1S/C18H21NO/c19-12-16-7-3-4-8-17(16)18(20)15-10-9-13-5-1-2-6-14(13)11-15/h1-2,5-6,9-11,16-17H,3-4,7-8,12,19H2. The zero-order valence-corrected chi connectivity index (χ0v) is 11.7. The Hall–Kier alpha value is -1.67. The molecule has 0 aliphatic heterocycles. The summed E-state index contributed by atoms with van der Waals surface area (Å²) in [6.45, 7) is 0.629. The van der Waals surface area contributed by atoms with Crippen LogP contribution in [0, 0.1) is 11.8 Å². The molecule has 3 rings (SSSR count). The Bertz CT molecular complexity index is 620. The highest BCUT2D eigenvalue weighted by Crippen LogP contribution is 2.32. The molecule has 2 aromatic rings. The number of hydrogen-bond acceptors (Lipinski definition) is 2. The highest BCUT2D eigenvalue weighted by atomic mass is 16.1. The van der Waals surface area contributed by atoms with Crippen molar-refractivity contribution in [3.05, 3.63) is 48.0 Å². The van der Waals surface area contributed by atoms with Gasteiger partial charge in [0.25, 0.3) is 0 Å². The van der Waals surface area contributed by atoms with Crippen LogP contribution in [0.2, 0.25) is 0 Å². The topological polar surface area (TPSA) is 43.1 Å². The maximum absolute atomic E-state index is 12.8. The van der Waals surface area contributed by atoms with E-state index in [1.54, 1.807) is 0 Å². The third-order valence-electron chi connectivity index (χ3n) is 4.58. The second kappa shape index (κ2) is 5.76. The molecule has 2 N–H and O–H groups in total. The van der Waals surface area contributed by atoms with Crippen molar-refractivity contribution in [3.63, 3.8) is 0 Å². The van der Waals surface area contributed by atoms with Gasteiger partial charge in [0.15, 0.2) is 5.78 Å². The van der Waals surface area contributed by atoms with Crippen molar-refractivity contribution in [1.29, 1.82) is 0 Å². The summed E-state index contributed by atoms with van der Waals surface area (Å²) in [7, 11) is 0. The smallest absolute Gasteiger partial charge is 0.166 e. The largest absolute Gasteiger partial charge is 0.330 e. The molecule has 1 saturated carbocycles. The predicted molar refractivity (Wildman–Crippen MR) is 82.8 cm³/mol. The number of carbonyl (C=O) groups is 1. The maximum Gasteiger partial charge on any atom is 0.166 e. The van der Waals surface area contributed by atoms with Gasteiger partial charge in [-0.05, 0) is 42.1 Å². The fourth-order valence-electron chi connectivity index (χ4n) is 3.39. The third kappa shape index (κ3) is 2.48. The molecule has 1 aliphatic rings. The quantitative estimate of drug-likeness (QED) is 0.860. The van der Waals surface area contributed by atoms with Gasteiger partial charge in [-0.2, -0.15) is 0 Å². The SMILES string of the molecule is NCC1CCCCC1C(=O)c1ccc2ccccc2c1. The molecule has 1 aliphatic carbocycles. The molecule has 0 amide bonds. The van der Waals surface area contributed by atoms with Gasteiger partial charge in [0.1, 0.15) is 0 Å². The summed E-state index contributed by atoms with van der Waals surface area (Å²) < 4.78 is 0. The van der Waals surface area contributed by atoms with E-state index in [0.29, 0.717) is 12.5 Å². The van der Waals surface area contributed by atoms with E-state index in [1.807, 2.05) is 30.3 Å². The second-order valence-electron chi connectivity index (χ2n) is 5.81. The Labute approximate surface area is 120 Å². The number of rotatable bonds is 3. The van der Waals surface area contributed by atoms with Crippen LogP contribution in [-0.2, 0) is 0 Å². The van der Waals surface area contributed by atoms with Gasteiger partial charge < -0.3 is 5.73 Å². The van der Waals surface area contributed by atoms with E-state index in [2.05, 4.69) is 12.1 Å². The number of nitrogens with two attached hydrogens (primary N) is 1. The Kier molecular flexibility index (Phi) is 3.83. The number of ketones is 1. The highest BCUT2D eigenvalue weighted by molar-refractivity contribution is 6.01. The Morgan fingerprint density at radius 2 is 1.80 bits per heavy atom. The fraction of sp³-hybridized carbons (Fsp3) is 0.389. The second-order valence-corrected chi connectivity index (χ2v) is 5.81. The average molecular weight is 267 g/mol. The third-order valence-corrected chi connectivity index (χ3v) is 4.58. The molecule has 20 heavy (non-hydrogen) atoms. The number of carbonyl (C=O) groups excluding carboxylic acids is 1. The van der Waals surface area contributed by atoms with Crippen LogP contribution >= 0.6 is 0 Å². The zero-order chi connectivity index (χ0) is 13.9. The van der Waals surface area contributed by atoms with E-state index in [-0.39, 0.29) is 11.7 Å². The summed E-state index contributed by atoms with van der Waals surface area (Å²) in [5.74, 6) is 0.767. The summed E-state index contributed by atoms with van der Waals surface area (Å²) in [4.78, 5) is 12.8. The maximum atomic E-state index is 12.8. The van der Waals surface area contributed by atoms with E-state index in [1.165, 1.54) is 11.8 Å². The van der Waals surface area contributed by atoms with E-state index < -0.39 is 0 Å². The summed E-state index contributed by atoms with van der Waals surface area (Å²) in [5, 5.41) is 2.32. The van der Waals surface area contributed by atoms with E-state index in [0.717, 1.165) is 30.2 Å². The zero-order valence-electron chi connectivity index (χ0n) is 11.7. The minimum atomic E-state index is 0.120. The van der Waals surface area contributed by atoms with Gasteiger partial charge in [-0.25, -0.2) is 0 Å². The van der Waals surface area contributed by atoms with Crippen molar-refractivity contribution in [2.24, 2.45) is 17.6 Å². The highest BCUT2D eigenvalue weighted by Gasteiger charge is 2.30. The summed E-state index contributed by atoms with van der Waals surface area (Å²) in [5.41, 5.74) is 6.69. The summed E-state index contributed by atoms with van der Waals surface area (Å²) in [6, 6.07) is 14.2.